The van der Waals surface area contributed by atoms with Gasteiger partial charge in [-0.3, -0.25) is 25.0 Å². The molecule has 0 unspecified atom stereocenters. The molecule has 2 aromatic carbocycles. The molecular formula is C24H22N4O4S. The van der Waals surface area contributed by atoms with Crippen molar-refractivity contribution in [3.05, 3.63) is 65.4 Å². The highest BCUT2D eigenvalue weighted by Crippen LogP contribution is 2.28. The van der Waals surface area contributed by atoms with Gasteiger partial charge in [-0.05, 0) is 43.4 Å². The van der Waals surface area contributed by atoms with Crippen LogP contribution in [-0.2, 0) is 20.9 Å². The highest BCUT2D eigenvalue weighted by Gasteiger charge is 2.26. The SMILES string of the molecule is CC(=O)Nc1cccc(OCCn2c(C)c(C=C3C(=O)NC(=S)NC3=O)c3ccccc32)c1. The van der Waals surface area contributed by atoms with Gasteiger partial charge in [0.15, 0.2) is 5.11 Å². The van der Waals surface area contributed by atoms with Gasteiger partial charge in [-0.2, -0.15) is 0 Å². The number of aromatic nitrogens is 1. The van der Waals surface area contributed by atoms with Crippen LogP contribution in [0.25, 0.3) is 17.0 Å². The number of thiocarbonyl (C=S) groups is 1. The molecule has 3 N–H and O–H groups in total. The van der Waals surface area contributed by atoms with E-state index in [1.807, 2.05) is 43.3 Å². The summed E-state index contributed by atoms with van der Waals surface area (Å²) in [6.07, 6.45) is 1.60. The predicted octanol–water partition coefficient (Wildman–Crippen LogP) is 2.90. The minimum Gasteiger partial charge on any atom is -0.492 e. The highest BCUT2D eigenvalue weighted by atomic mass is 32.1. The molecule has 0 bridgehead atoms. The van der Waals surface area contributed by atoms with Crippen LogP contribution in [0, 0.1) is 6.92 Å². The maximum atomic E-state index is 12.3. The fourth-order valence-corrected chi connectivity index (χ4v) is 3.99. The average Bonchev–Trinajstić information content (AvgIpc) is 3.01. The molecule has 0 radical (unpaired) electrons. The number of carbonyl (C=O) groups is 3. The third-order valence-corrected chi connectivity index (χ3v) is 5.45. The molecule has 8 nitrogen and oxygen atoms in total. The Morgan fingerprint density at radius 3 is 2.58 bits per heavy atom. The summed E-state index contributed by atoms with van der Waals surface area (Å²) in [6, 6.07) is 15.0. The van der Waals surface area contributed by atoms with Crippen molar-refractivity contribution >= 4 is 57.7 Å². The Balaban J connectivity index is 1.60. The minimum atomic E-state index is -0.526. The Bertz CT molecular complexity index is 1300. The molecule has 9 heteroatoms. The summed E-state index contributed by atoms with van der Waals surface area (Å²) in [5.74, 6) is -0.556. The van der Waals surface area contributed by atoms with Crippen molar-refractivity contribution in [2.45, 2.75) is 20.4 Å². The summed E-state index contributed by atoms with van der Waals surface area (Å²) >= 11 is 4.87. The standard InChI is InChI=1S/C24H22N4O4S/c1-14-19(13-20-22(30)26-24(33)27-23(20)31)18-8-3-4-9-21(18)28(14)10-11-32-17-7-5-6-16(12-17)25-15(2)29/h3-9,12-13H,10-11H2,1-2H3,(H,25,29)(H2,26,27,30,31,33). The second-order valence-electron chi connectivity index (χ2n) is 7.52. The second kappa shape index (κ2) is 9.25. The van der Waals surface area contributed by atoms with Gasteiger partial charge in [0.05, 0.1) is 6.54 Å². The normalized spacial score (nSPS) is 13.5. The van der Waals surface area contributed by atoms with Crippen LogP contribution >= 0.6 is 12.2 Å². The topological polar surface area (TPSA) is 101 Å². The highest BCUT2D eigenvalue weighted by molar-refractivity contribution is 7.80. The first-order valence-electron chi connectivity index (χ1n) is 10.3. The van der Waals surface area contributed by atoms with Gasteiger partial charge in [0.2, 0.25) is 5.91 Å². The van der Waals surface area contributed by atoms with Crippen molar-refractivity contribution in [1.82, 2.24) is 15.2 Å². The maximum absolute atomic E-state index is 12.3. The smallest absolute Gasteiger partial charge is 0.263 e. The number of nitrogens with one attached hydrogen (secondary N) is 3. The van der Waals surface area contributed by atoms with Crippen molar-refractivity contribution < 1.29 is 19.1 Å². The van der Waals surface area contributed by atoms with Gasteiger partial charge in [-0.25, -0.2) is 0 Å². The van der Waals surface area contributed by atoms with Gasteiger partial charge >= 0.3 is 0 Å². The number of fused-ring (bicyclic) bond motifs is 1. The molecule has 0 aliphatic carbocycles. The quantitative estimate of drug-likeness (QED) is 0.297. The summed E-state index contributed by atoms with van der Waals surface area (Å²) in [4.78, 5) is 35.9. The molecule has 2 heterocycles. The Morgan fingerprint density at radius 1 is 1.12 bits per heavy atom. The minimum absolute atomic E-state index is 0.000592. The van der Waals surface area contributed by atoms with Crippen molar-refractivity contribution in [1.29, 1.82) is 0 Å². The molecule has 3 amide bonds. The van der Waals surface area contributed by atoms with Crippen LogP contribution in [0.3, 0.4) is 0 Å². The van der Waals surface area contributed by atoms with Crippen LogP contribution < -0.4 is 20.7 Å². The fourth-order valence-electron chi connectivity index (χ4n) is 3.80. The number of anilines is 1. The van der Waals surface area contributed by atoms with E-state index in [9.17, 15) is 14.4 Å². The van der Waals surface area contributed by atoms with Crippen molar-refractivity contribution in [3.8, 4) is 5.75 Å². The van der Waals surface area contributed by atoms with Crippen LogP contribution in [0.4, 0.5) is 5.69 Å². The molecule has 0 spiro atoms. The van der Waals surface area contributed by atoms with E-state index >= 15 is 0 Å². The number of para-hydroxylation sites is 1. The van der Waals surface area contributed by atoms with Gasteiger partial charge in [-0.1, -0.05) is 24.3 Å². The van der Waals surface area contributed by atoms with E-state index in [4.69, 9.17) is 17.0 Å². The van der Waals surface area contributed by atoms with E-state index in [2.05, 4.69) is 20.5 Å². The van der Waals surface area contributed by atoms with E-state index < -0.39 is 11.8 Å². The number of rotatable bonds is 6. The number of carbonyl (C=O) groups excluding carboxylic acids is 3. The largest absolute Gasteiger partial charge is 0.492 e. The Morgan fingerprint density at radius 2 is 1.85 bits per heavy atom. The van der Waals surface area contributed by atoms with Crippen LogP contribution in [-0.4, -0.2) is 34.0 Å². The number of hydrogen-bond acceptors (Lipinski definition) is 5. The monoisotopic (exact) mass is 462 g/mol. The molecule has 0 saturated carbocycles. The van der Waals surface area contributed by atoms with Crippen LogP contribution in [0.1, 0.15) is 18.2 Å². The van der Waals surface area contributed by atoms with Gasteiger partial charge < -0.3 is 14.6 Å². The molecule has 1 fully saturated rings. The zero-order chi connectivity index (χ0) is 23.5. The molecule has 1 aliphatic heterocycles. The van der Waals surface area contributed by atoms with Gasteiger partial charge in [0.1, 0.15) is 17.9 Å². The molecular weight excluding hydrogens is 440 g/mol. The van der Waals surface area contributed by atoms with Crippen LogP contribution in [0.15, 0.2) is 54.1 Å². The van der Waals surface area contributed by atoms with E-state index in [1.165, 1.54) is 6.92 Å². The number of amides is 3. The molecule has 4 rings (SSSR count). The molecule has 168 valence electrons. The molecule has 1 saturated heterocycles. The Labute approximate surface area is 195 Å². The zero-order valence-electron chi connectivity index (χ0n) is 18.1. The first kappa shape index (κ1) is 22.2. The second-order valence-corrected chi connectivity index (χ2v) is 7.93. The number of ether oxygens (including phenoxy) is 1. The zero-order valence-corrected chi connectivity index (χ0v) is 18.9. The van der Waals surface area contributed by atoms with E-state index in [1.54, 1.807) is 18.2 Å². The van der Waals surface area contributed by atoms with Crippen LogP contribution in [0.5, 0.6) is 5.75 Å². The lowest BCUT2D eigenvalue weighted by molar-refractivity contribution is -0.123. The third-order valence-electron chi connectivity index (χ3n) is 5.25. The van der Waals surface area contributed by atoms with Crippen LogP contribution in [0.2, 0.25) is 0 Å². The number of hydrogen-bond donors (Lipinski definition) is 3. The summed E-state index contributed by atoms with van der Waals surface area (Å²) in [6.45, 7) is 4.32. The number of benzene rings is 2. The molecule has 33 heavy (non-hydrogen) atoms. The van der Waals surface area contributed by atoms with Crippen molar-refractivity contribution in [3.63, 3.8) is 0 Å². The Hall–Kier alpha value is -3.98. The average molecular weight is 463 g/mol. The molecule has 3 aromatic rings. The van der Waals surface area contributed by atoms with Crippen molar-refractivity contribution in [2.75, 3.05) is 11.9 Å². The summed E-state index contributed by atoms with van der Waals surface area (Å²) in [5.41, 5.74) is 3.31. The summed E-state index contributed by atoms with van der Waals surface area (Å²) < 4.78 is 8.00. The van der Waals surface area contributed by atoms with Gasteiger partial charge in [0, 0.05) is 40.8 Å². The summed E-state index contributed by atoms with van der Waals surface area (Å²) in [7, 11) is 0. The molecule has 1 aliphatic rings. The first-order valence-corrected chi connectivity index (χ1v) is 10.7. The predicted molar refractivity (Wildman–Crippen MR) is 130 cm³/mol. The molecule has 1 aromatic heterocycles. The lowest BCUT2D eigenvalue weighted by Gasteiger charge is -2.16. The summed E-state index contributed by atoms with van der Waals surface area (Å²) in [5, 5.41) is 8.58. The molecule has 0 atom stereocenters. The lowest BCUT2D eigenvalue weighted by Crippen LogP contribution is -2.51. The van der Waals surface area contributed by atoms with Crippen molar-refractivity contribution in [2.24, 2.45) is 0 Å². The third kappa shape index (κ3) is 4.78. The first-order chi connectivity index (χ1) is 15.8. The van der Waals surface area contributed by atoms with E-state index in [0.717, 1.165) is 22.2 Å². The van der Waals surface area contributed by atoms with Gasteiger partial charge in [-0.15, -0.1) is 0 Å². The lowest BCUT2D eigenvalue weighted by atomic mass is 10.1. The van der Waals surface area contributed by atoms with E-state index in [0.29, 0.717) is 24.6 Å². The van der Waals surface area contributed by atoms with Gasteiger partial charge in [0.25, 0.3) is 11.8 Å². The fraction of sp³-hybridized carbons (Fsp3) is 0.167. The number of nitrogens with zero attached hydrogens (tertiary/aromatic N) is 1. The van der Waals surface area contributed by atoms with E-state index in [-0.39, 0.29) is 16.6 Å². The maximum Gasteiger partial charge on any atom is 0.263 e. The Kier molecular flexibility index (Phi) is 6.23.